The number of fused-ring (bicyclic) bond motifs is 1. The lowest BCUT2D eigenvalue weighted by atomic mass is 10.0. The minimum absolute atomic E-state index is 0.0306. The van der Waals surface area contributed by atoms with Gasteiger partial charge in [-0.15, -0.1) is 0 Å². The molecular weight excluding hydrogens is 318 g/mol. The van der Waals surface area contributed by atoms with Crippen molar-refractivity contribution >= 4 is 23.0 Å². The molecule has 0 spiro atoms. The summed E-state index contributed by atoms with van der Waals surface area (Å²) in [6, 6.07) is 7.85. The van der Waals surface area contributed by atoms with E-state index in [1.54, 1.807) is 6.33 Å². The van der Waals surface area contributed by atoms with Crippen molar-refractivity contribution in [3.05, 3.63) is 30.6 Å². The highest BCUT2D eigenvalue weighted by atomic mass is 16.2. The summed E-state index contributed by atoms with van der Waals surface area (Å²) >= 11 is 0. The Morgan fingerprint density at radius 3 is 2.72 bits per heavy atom. The summed E-state index contributed by atoms with van der Waals surface area (Å²) in [5.74, 6) is 0.118. The Labute approximate surface area is 146 Å². The first-order chi connectivity index (χ1) is 12.1. The minimum Gasteiger partial charge on any atom is -0.341 e. The molecule has 0 saturated carbocycles. The molecule has 4 rings (SSSR count). The first-order valence-electron chi connectivity index (χ1n) is 8.90. The number of urea groups is 1. The Morgan fingerprint density at radius 1 is 1.24 bits per heavy atom. The summed E-state index contributed by atoms with van der Waals surface area (Å²) in [5.41, 5.74) is 1.88. The van der Waals surface area contributed by atoms with Crippen molar-refractivity contribution in [3.8, 4) is 0 Å². The van der Waals surface area contributed by atoms with Crippen molar-refractivity contribution < 1.29 is 9.59 Å². The number of aromatic nitrogens is 2. The van der Waals surface area contributed by atoms with E-state index >= 15 is 0 Å². The van der Waals surface area contributed by atoms with Crippen molar-refractivity contribution in [1.82, 2.24) is 24.7 Å². The fourth-order valence-electron chi connectivity index (χ4n) is 3.90. The number of nitrogens with zero attached hydrogens (tertiary/aromatic N) is 4. The molecule has 2 saturated heterocycles. The second-order valence-corrected chi connectivity index (χ2v) is 6.80. The van der Waals surface area contributed by atoms with E-state index in [1.165, 1.54) is 0 Å². The zero-order chi connectivity index (χ0) is 17.4. The van der Waals surface area contributed by atoms with Crippen molar-refractivity contribution in [3.63, 3.8) is 0 Å². The normalized spacial score (nSPS) is 20.1. The molecule has 7 nitrogen and oxygen atoms in total. The third-order valence-electron chi connectivity index (χ3n) is 5.36. The summed E-state index contributed by atoms with van der Waals surface area (Å²) in [6.45, 7) is 4.82. The van der Waals surface area contributed by atoms with Gasteiger partial charge in [0.25, 0.3) is 0 Å². The number of amides is 3. The Balaban J connectivity index is 1.42. The first kappa shape index (κ1) is 15.9. The van der Waals surface area contributed by atoms with Crippen LogP contribution in [0.4, 0.5) is 4.79 Å². The molecule has 2 aromatic rings. The quantitative estimate of drug-likeness (QED) is 0.922. The summed E-state index contributed by atoms with van der Waals surface area (Å²) in [5, 5.41) is 2.85. The van der Waals surface area contributed by atoms with Gasteiger partial charge >= 0.3 is 6.03 Å². The second-order valence-electron chi connectivity index (χ2n) is 6.80. The summed E-state index contributed by atoms with van der Waals surface area (Å²) in [4.78, 5) is 32.9. The number of imidazole rings is 1. The molecule has 0 aliphatic carbocycles. The number of piperidine rings is 1. The highest BCUT2D eigenvalue weighted by Gasteiger charge is 2.33. The standard InChI is InChI=1S/C18H23N5O2/c1-13(23-12-20-15-4-2-3-5-16(15)23)17(24)21-9-6-14(7-10-21)22-11-8-19-18(22)25/h2-5,12-14H,6-11H2,1H3,(H,19,25)/t13-/m1/s1. The van der Waals surface area contributed by atoms with Gasteiger partial charge in [-0.2, -0.15) is 0 Å². The zero-order valence-corrected chi connectivity index (χ0v) is 14.4. The Hall–Kier alpha value is -2.57. The van der Waals surface area contributed by atoms with Gasteiger partial charge in [-0.25, -0.2) is 9.78 Å². The lowest BCUT2D eigenvalue weighted by Crippen LogP contribution is -2.48. The average molecular weight is 341 g/mol. The molecule has 0 radical (unpaired) electrons. The Morgan fingerprint density at radius 2 is 2.00 bits per heavy atom. The predicted octanol–water partition coefficient (Wildman–Crippen LogP) is 1.61. The predicted molar refractivity (Wildman–Crippen MR) is 94.2 cm³/mol. The van der Waals surface area contributed by atoms with E-state index in [-0.39, 0.29) is 24.0 Å². The van der Waals surface area contributed by atoms with E-state index in [2.05, 4.69) is 10.3 Å². The van der Waals surface area contributed by atoms with Crippen LogP contribution in [-0.4, -0.2) is 63.5 Å². The van der Waals surface area contributed by atoms with Crippen molar-refractivity contribution in [2.24, 2.45) is 0 Å². The fraction of sp³-hybridized carbons (Fsp3) is 0.500. The summed E-state index contributed by atoms with van der Waals surface area (Å²) in [6.07, 6.45) is 3.43. The third-order valence-corrected chi connectivity index (χ3v) is 5.36. The zero-order valence-electron chi connectivity index (χ0n) is 14.4. The summed E-state index contributed by atoms with van der Waals surface area (Å²) < 4.78 is 1.94. The van der Waals surface area contributed by atoms with Gasteiger partial charge in [-0.3, -0.25) is 4.79 Å². The van der Waals surface area contributed by atoms with E-state index in [1.807, 2.05) is 45.6 Å². The fourth-order valence-corrected chi connectivity index (χ4v) is 3.90. The number of hydrogen-bond donors (Lipinski definition) is 1. The monoisotopic (exact) mass is 341 g/mol. The molecule has 2 aliphatic heterocycles. The van der Waals surface area contributed by atoms with Gasteiger partial charge in [0.15, 0.2) is 0 Å². The highest BCUT2D eigenvalue weighted by Crippen LogP contribution is 2.23. The van der Waals surface area contributed by atoms with Gasteiger partial charge in [0.2, 0.25) is 5.91 Å². The largest absolute Gasteiger partial charge is 0.341 e. The average Bonchev–Trinajstić information content (AvgIpc) is 3.27. The van der Waals surface area contributed by atoms with Gasteiger partial charge in [-0.1, -0.05) is 12.1 Å². The molecule has 1 atom stereocenters. The molecule has 0 bridgehead atoms. The number of hydrogen-bond acceptors (Lipinski definition) is 3. The molecule has 2 fully saturated rings. The topological polar surface area (TPSA) is 70.5 Å². The minimum atomic E-state index is -0.279. The molecule has 3 amide bonds. The third kappa shape index (κ3) is 2.83. The Kier molecular flexibility index (Phi) is 4.07. The second kappa shape index (κ2) is 6.38. The number of likely N-dealkylation sites (tertiary alicyclic amines) is 1. The van der Waals surface area contributed by atoms with Crippen LogP contribution in [-0.2, 0) is 4.79 Å². The van der Waals surface area contributed by atoms with Gasteiger partial charge in [0, 0.05) is 32.2 Å². The Bertz CT molecular complexity index is 794. The van der Waals surface area contributed by atoms with Crippen LogP contribution in [0.3, 0.4) is 0 Å². The number of para-hydroxylation sites is 2. The van der Waals surface area contributed by atoms with Crippen LogP contribution in [0.5, 0.6) is 0 Å². The van der Waals surface area contributed by atoms with Crippen molar-refractivity contribution in [1.29, 1.82) is 0 Å². The van der Waals surface area contributed by atoms with Gasteiger partial charge in [0.05, 0.1) is 17.4 Å². The van der Waals surface area contributed by atoms with Crippen LogP contribution in [0, 0.1) is 0 Å². The SMILES string of the molecule is C[C@H](C(=O)N1CCC(N2CCNC2=O)CC1)n1cnc2ccccc21. The molecule has 2 aliphatic rings. The van der Waals surface area contributed by atoms with Crippen LogP contribution in [0.25, 0.3) is 11.0 Å². The van der Waals surface area contributed by atoms with Crippen molar-refractivity contribution in [2.45, 2.75) is 31.8 Å². The number of rotatable bonds is 3. The van der Waals surface area contributed by atoms with Crippen LogP contribution in [0.2, 0.25) is 0 Å². The molecule has 3 heterocycles. The molecule has 1 aromatic carbocycles. The highest BCUT2D eigenvalue weighted by molar-refractivity contribution is 5.83. The van der Waals surface area contributed by atoms with Gasteiger partial charge < -0.3 is 19.7 Å². The van der Waals surface area contributed by atoms with Gasteiger partial charge in [-0.05, 0) is 31.9 Å². The smallest absolute Gasteiger partial charge is 0.317 e. The molecular formula is C18H23N5O2. The van der Waals surface area contributed by atoms with Gasteiger partial charge in [0.1, 0.15) is 6.04 Å². The van der Waals surface area contributed by atoms with Crippen LogP contribution < -0.4 is 5.32 Å². The molecule has 1 aromatic heterocycles. The maximum absolute atomic E-state index is 12.9. The number of benzene rings is 1. The molecule has 1 N–H and O–H groups in total. The van der Waals surface area contributed by atoms with E-state index in [9.17, 15) is 9.59 Å². The number of carbonyl (C=O) groups is 2. The maximum Gasteiger partial charge on any atom is 0.317 e. The molecule has 25 heavy (non-hydrogen) atoms. The van der Waals surface area contributed by atoms with E-state index in [0.29, 0.717) is 13.1 Å². The van der Waals surface area contributed by atoms with E-state index in [0.717, 1.165) is 37.0 Å². The maximum atomic E-state index is 12.9. The molecule has 7 heteroatoms. The summed E-state index contributed by atoms with van der Waals surface area (Å²) in [7, 11) is 0. The molecule has 0 unspecified atom stereocenters. The van der Waals surface area contributed by atoms with Crippen molar-refractivity contribution in [2.75, 3.05) is 26.2 Å². The lowest BCUT2D eigenvalue weighted by molar-refractivity contribution is -0.135. The lowest BCUT2D eigenvalue weighted by Gasteiger charge is -2.37. The molecule has 132 valence electrons. The number of carbonyl (C=O) groups excluding carboxylic acids is 2. The van der Waals surface area contributed by atoms with E-state index in [4.69, 9.17) is 0 Å². The van der Waals surface area contributed by atoms with Crippen LogP contribution in [0.15, 0.2) is 30.6 Å². The van der Waals surface area contributed by atoms with Crippen LogP contribution in [0.1, 0.15) is 25.8 Å². The van der Waals surface area contributed by atoms with Crippen LogP contribution >= 0.6 is 0 Å². The first-order valence-corrected chi connectivity index (χ1v) is 8.90. The number of nitrogens with one attached hydrogen (secondary N) is 1. The van der Waals surface area contributed by atoms with E-state index < -0.39 is 0 Å².